The van der Waals surface area contributed by atoms with Gasteiger partial charge in [0.2, 0.25) is 0 Å². The molecule has 0 N–H and O–H groups in total. The molecule has 0 unspecified atom stereocenters. The number of fused-ring (bicyclic) bond motifs is 6. The highest BCUT2D eigenvalue weighted by molar-refractivity contribution is 7.70. The second-order valence-electron chi connectivity index (χ2n) is 10.8. The molecule has 0 aliphatic heterocycles. The van der Waals surface area contributed by atoms with Crippen LogP contribution in [0.3, 0.4) is 0 Å². The fourth-order valence-corrected chi connectivity index (χ4v) is 7.46. The van der Waals surface area contributed by atoms with Gasteiger partial charge in [0.25, 0.3) is 0 Å². The van der Waals surface area contributed by atoms with Crippen LogP contribution in [0.25, 0.3) is 43.4 Å². The highest BCUT2D eigenvalue weighted by Gasteiger charge is 2.18. The summed E-state index contributed by atoms with van der Waals surface area (Å²) in [6.07, 6.45) is 0. The molecular formula is C30H31O3P3. The van der Waals surface area contributed by atoms with Gasteiger partial charge in [0.15, 0.2) is 0 Å². The Morgan fingerprint density at radius 3 is 1.11 bits per heavy atom. The quantitative estimate of drug-likeness (QED) is 0.177. The van der Waals surface area contributed by atoms with Crippen LogP contribution in [0, 0.1) is 0 Å². The Morgan fingerprint density at radius 2 is 0.694 bits per heavy atom. The average Bonchev–Trinajstić information content (AvgIpc) is 2.81. The third-order valence-electron chi connectivity index (χ3n) is 6.96. The topological polar surface area (TPSA) is 51.2 Å². The Hall–Kier alpha value is -2.43. The molecule has 5 aromatic rings. The van der Waals surface area contributed by atoms with Crippen LogP contribution in [0.1, 0.15) is 0 Å². The lowest BCUT2D eigenvalue weighted by molar-refractivity contribution is 0.587. The van der Waals surface area contributed by atoms with Crippen molar-refractivity contribution in [3.05, 3.63) is 78.9 Å². The van der Waals surface area contributed by atoms with Gasteiger partial charge in [0, 0.05) is 15.9 Å². The predicted octanol–water partition coefficient (Wildman–Crippen LogP) is 7.56. The molecule has 0 heterocycles. The van der Waals surface area contributed by atoms with Crippen molar-refractivity contribution in [2.75, 3.05) is 40.0 Å². The molecule has 0 aliphatic rings. The van der Waals surface area contributed by atoms with Crippen molar-refractivity contribution in [2.24, 2.45) is 0 Å². The minimum atomic E-state index is -2.44. The van der Waals surface area contributed by atoms with E-state index in [2.05, 4.69) is 42.5 Å². The van der Waals surface area contributed by atoms with Crippen LogP contribution in [0.5, 0.6) is 0 Å². The van der Waals surface area contributed by atoms with E-state index in [4.69, 9.17) is 0 Å². The lowest BCUT2D eigenvalue weighted by atomic mass is 9.92. The third-order valence-corrected chi connectivity index (χ3v) is 11.5. The van der Waals surface area contributed by atoms with Crippen LogP contribution >= 0.6 is 21.4 Å². The summed E-state index contributed by atoms with van der Waals surface area (Å²) in [6, 6.07) is 26.7. The molecule has 6 heteroatoms. The van der Waals surface area contributed by atoms with Gasteiger partial charge in [0.1, 0.15) is 21.4 Å². The molecule has 0 amide bonds. The first kappa shape index (κ1) is 25.2. The summed E-state index contributed by atoms with van der Waals surface area (Å²) in [5.74, 6) is 0. The van der Waals surface area contributed by atoms with Crippen molar-refractivity contribution in [3.8, 4) is 11.1 Å². The van der Waals surface area contributed by atoms with Crippen molar-refractivity contribution in [1.29, 1.82) is 0 Å². The van der Waals surface area contributed by atoms with Gasteiger partial charge in [-0.1, -0.05) is 60.7 Å². The molecule has 0 saturated carbocycles. The molecule has 5 aromatic carbocycles. The molecule has 0 aromatic heterocycles. The second kappa shape index (κ2) is 8.56. The van der Waals surface area contributed by atoms with E-state index in [1.54, 1.807) is 40.0 Å². The molecule has 0 atom stereocenters. The molecule has 0 bridgehead atoms. The molecular weight excluding hydrogens is 501 g/mol. The zero-order chi connectivity index (χ0) is 26.0. The molecule has 0 fully saturated rings. The van der Waals surface area contributed by atoms with E-state index in [9.17, 15) is 13.7 Å². The molecule has 5 rings (SSSR count). The molecule has 184 valence electrons. The highest BCUT2D eigenvalue weighted by atomic mass is 31.2. The molecule has 36 heavy (non-hydrogen) atoms. The molecule has 0 radical (unpaired) electrons. The largest absolute Gasteiger partial charge is 0.319 e. The Bertz CT molecular complexity index is 1760. The van der Waals surface area contributed by atoms with E-state index in [-0.39, 0.29) is 0 Å². The fourth-order valence-electron chi connectivity index (χ4n) is 4.84. The molecule has 3 nitrogen and oxygen atoms in total. The van der Waals surface area contributed by atoms with Gasteiger partial charge in [0.05, 0.1) is 0 Å². The monoisotopic (exact) mass is 532 g/mol. The minimum absolute atomic E-state index is 0.853. The zero-order valence-corrected chi connectivity index (χ0v) is 24.3. The number of rotatable bonds is 4. The third kappa shape index (κ3) is 4.54. The standard InChI is InChI=1S/C30H31O3P3/c1-34(2,31)22-10-7-20(8-11-22)21-9-14-25-28(17-21)26-15-12-23(35(3,4)32)19-30(26)27-16-13-24(18-29(25)27)36(5,6)33/h7-19H,1-6H3. The smallest absolute Gasteiger partial charge is 0.109 e. The number of hydrogen-bond acceptors (Lipinski definition) is 3. The predicted molar refractivity (Wildman–Crippen MR) is 162 cm³/mol. The molecule has 0 spiro atoms. The maximum absolute atomic E-state index is 12.9. The summed E-state index contributed by atoms with van der Waals surface area (Å²) in [4.78, 5) is 0. The summed E-state index contributed by atoms with van der Waals surface area (Å²) in [6.45, 7) is 10.8. The summed E-state index contributed by atoms with van der Waals surface area (Å²) in [5, 5.41) is 9.06. The van der Waals surface area contributed by atoms with Gasteiger partial charge in [-0.2, -0.15) is 0 Å². The van der Waals surface area contributed by atoms with Crippen molar-refractivity contribution in [3.63, 3.8) is 0 Å². The molecule has 0 aliphatic carbocycles. The van der Waals surface area contributed by atoms with Gasteiger partial charge in [-0.3, -0.25) is 0 Å². The van der Waals surface area contributed by atoms with Gasteiger partial charge in [-0.15, -0.1) is 0 Å². The highest BCUT2D eigenvalue weighted by Crippen LogP contribution is 2.42. The SMILES string of the molecule is CP(C)(=O)c1ccc(-c2ccc3c(c2)c2ccc(P(C)(C)=O)cc2c2ccc(P(C)(C)=O)cc32)cc1. The van der Waals surface area contributed by atoms with Gasteiger partial charge >= 0.3 is 0 Å². The Morgan fingerprint density at radius 1 is 0.361 bits per heavy atom. The van der Waals surface area contributed by atoms with Crippen LogP contribution in [-0.2, 0) is 13.7 Å². The lowest BCUT2D eigenvalue weighted by Gasteiger charge is -2.16. The van der Waals surface area contributed by atoms with Gasteiger partial charge in [-0.25, -0.2) is 0 Å². The van der Waals surface area contributed by atoms with Gasteiger partial charge in [-0.05, 0) is 102 Å². The van der Waals surface area contributed by atoms with E-state index in [0.717, 1.165) is 59.4 Å². The van der Waals surface area contributed by atoms with Crippen LogP contribution < -0.4 is 15.9 Å². The van der Waals surface area contributed by atoms with Crippen molar-refractivity contribution >= 4 is 69.7 Å². The van der Waals surface area contributed by atoms with Crippen molar-refractivity contribution in [2.45, 2.75) is 0 Å². The first-order valence-corrected chi connectivity index (χ1v) is 19.7. The van der Waals surface area contributed by atoms with Gasteiger partial charge < -0.3 is 13.7 Å². The number of hydrogen-bond donors (Lipinski definition) is 0. The lowest BCUT2D eigenvalue weighted by Crippen LogP contribution is -2.04. The Labute approximate surface area is 213 Å². The summed E-state index contributed by atoms with van der Waals surface area (Å²) < 4.78 is 38.3. The Kier molecular flexibility index (Phi) is 6.00. The second-order valence-corrected chi connectivity index (χ2v) is 20.5. The van der Waals surface area contributed by atoms with E-state index in [1.165, 1.54) is 0 Å². The average molecular weight is 532 g/mol. The zero-order valence-electron chi connectivity index (χ0n) is 21.6. The van der Waals surface area contributed by atoms with Crippen LogP contribution in [0.4, 0.5) is 0 Å². The van der Waals surface area contributed by atoms with E-state index in [1.807, 2.05) is 36.4 Å². The van der Waals surface area contributed by atoms with Crippen molar-refractivity contribution < 1.29 is 13.7 Å². The van der Waals surface area contributed by atoms with E-state index >= 15 is 0 Å². The summed E-state index contributed by atoms with van der Waals surface area (Å²) in [5.41, 5.74) is 2.14. The van der Waals surface area contributed by atoms with E-state index < -0.39 is 21.4 Å². The maximum atomic E-state index is 12.9. The normalized spacial score (nSPS) is 13.1. The minimum Gasteiger partial charge on any atom is -0.319 e. The van der Waals surface area contributed by atoms with Crippen molar-refractivity contribution in [1.82, 2.24) is 0 Å². The van der Waals surface area contributed by atoms with Crippen LogP contribution in [0.2, 0.25) is 0 Å². The fraction of sp³-hybridized carbons (Fsp3) is 0.200. The number of benzene rings is 5. The first-order chi connectivity index (χ1) is 16.7. The van der Waals surface area contributed by atoms with Crippen LogP contribution in [0.15, 0.2) is 78.9 Å². The van der Waals surface area contributed by atoms with E-state index in [0.29, 0.717) is 0 Å². The summed E-state index contributed by atoms with van der Waals surface area (Å²) in [7, 11) is -7.19. The first-order valence-electron chi connectivity index (χ1n) is 11.9. The summed E-state index contributed by atoms with van der Waals surface area (Å²) >= 11 is 0. The van der Waals surface area contributed by atoms with Crippen LogP contribution in [-0.4, -0.2) is 40.0 Å². The maximum Gasteiger partial charge on any atom is 0.109 e. The Balaban J connectivity index is 1.85. The molecule has 0 saturated heterocycles.